The summed E-state index contributed by atoms with van der Waals surface area (Å²) in [5.41, 5.74) is 1.34. The van der Waals surface area contributed by atoms with Gasteiger partial charge in [0, 0.05) is 6.08 Å². The maximum Gasteiger partial charge on any atom is 0.331 e. The average molecular weight is 369 g/mol. The van der Waals surface area contributed by atoms with Crippen LogP contribution < -0.4 is 14.8 Å². The molecule has 0 saturated heterocycles. The third-order valence-electron chi connectivity index (χ3n) is 3.63. The van der Waals surface area contributed by atoms with E-state index in [0.717, 1.165) is 11.3 Å². The minimum absolute atomic E-state index is 0.437. The zero-order valence-electron chi connectivity index (χ0n) is 15.6. The molecule has 1 unspecified atom stereocenters. The fourth-order valence-corrected chi connectivity index (χ4v) is 2.23. The molecule has 0 bridgehead atoms. The second-order valence-corrected chi connectivity index (χ2v) is 5.60. The minimum Gasteiger partial charge on any atom is -0.497 e. The molecule has 6 heteroatoms. The summed E-state index contributed by atoms with van der Waals surface area (Å²) >= 11 is 0. The minimum atomic E-state index is -0.951. The quantitative estimate of drug-likeness (QED) is 0.568. The topological polar surface area (TPSA) is 73.9 Å². The van der Waals surface area contributed by atoms with Crippen molar-refractivity contribution in [1.82, 2.24) is 0 Å². The van der Waals surface area contributed by atoms with Crippen molar-refractivity contribution in [3.63, 3.8) is 0 Å². The van der Waals surface area contributed by atoms with Crippen molar-refractivity contribution in [2.75, 3.05) is 19.0 Å². The lowest BCUT2D eigenvalue weighted by atomic mass is 10.2. The maximum absolute atomic E-state index is 12.3. The highest BCUT2D eigenvalue weighted by molar-refractivity contribution is 5.97. The number of hydrogen-bond acceptors (Lipinski definition) is 5. The van der Waals surface area contributed by atoms with Crippen molar-refractivity contribution in [2.24, 2.45) is 0 Å². The van der Waals surface area contributed by atoms with Crippen LogP contribution in [0.5, 0.6) is 11.5 Å². The fourth-order valence-electron chi connectivity index (χ4n) is 2.23. The lowest BCUT2D eigenvalue weighted by Gasteiger charge is -2.15. The molecule has 0 saturated carbocycles. The smallest absolute Gasteiger partial charge is 0.331 e. The molecular formula is C21H23NO5. The van der Waals surface area contributed by atoms with Gasteiger partial charge in [-0.05, 0) is 49.8 Å². The molecule has 0 heterocycles. The highest BCUT2D eigenvalue weighted by Gasteiger charge is 2.18. The Labute approximate surface area is 158 Å². The van der Waals surface area contributed by atoms with Crippen LogP contribution in [0.4, 0.5) is 5.69 Å². The monoisotopic (exact) mass is 369 g/mol. The summed E-state index contributed by atoms with van der Waals surface area (Å²) in [6.45, 7) is 3.85. The zero-order chi connectivity index (χ0) is 19.6. The molecule has 1 atom stereocenters. The molecule has 2 aromatic rings. The van der Waals surface area contributed by atoms with Gasteiger partial charge >= 0.3 is 5.97 Å². The van der Waals surface area contributed by atoms with Crippen molar-refractivity contribution in [1.29, 1.82) is 0 Å². The van der Waals surface area contributed by atoms with E-state index in [1.54, 1.807) is 43.5 Å². The first kappa shape index (κ1) is 20.0. The van der Waals surface area contributed by atoms with Gasteiger partial charge in [-0.15, -0.1) is 0 Å². The van der Waals surface area contributed by atoms with Crippen LogP contribution in [-0.4, -0.2) is 31.7 Å². The summed E-state index contributed by atoms with van der Waals surface area (Å²) in [6, 6.07) is 14.3. The molecule has 0 aliphatic heterocycles. The molecule has 0 aliphatic carbocycles. The van der Waals surface area contributed by atoms with Crippen molar-refractivity contribution in [3.05, 3.63) is 60.2 Å². The largest absolute Gasteiger partial charge is 0.497 e. The van der Waals surface area contributed by atoms with E-state index in [2.05, 4.69) is 5.32 Å². The number of rotatable bonds is 8. The van der Waals surface area contributed by atoms with E-state index < -0.39 is 18.0 Å². The third kappa shape index (κ3) is 6.18. The number of para-hydroxylation sites is 2. The SMILES string of the molecule is CCOc1ccccc1NC(=O)C(C)OC(=O)C=Cc1ccc(OC)cc1. The van der Waals surface area contributed by atoms with Crippen LogP contribution in [0, 0.1) is 0 Å². The fraction of sp³-hybridized carbons (Fsp3) is 0.238. The normalized spacial score (nSPS) is 11.7. The van der Waals surface area contributed by atoms with E-state index in [-0.39, 0.29) is 0 Å². The number of nitrogens with one attached hydrogen (secondary N) is 1. The Morgan fingerprint density at radius 2 is 1.81 bits per heavy atom. The lowest BCUT2D eigenvalue weighted by molar-refractivity contribution is -0.148. The third-order valence-corrected chi connectivity index (χ3v) is 3.63. The predicted octanol–water partition coefficient (Wildman–Crippen LogP) is 3.68. The van der Waals surface area contributed by atoms with Crippen molar-refractivity contribution >= 4 is 23.6 Å². The number of methoxy groups -OCH3 is 1. The van der Waals surface area contributed by atoms with E-state index >= 15 is 0 Å². The van der Waals surface area contributed by atoms with E-state index in [0.29, 0.717) is 18.0 Å². The van der Waals surface area contributed by atoms with Crippen LogP contribution in [0.2, 0.25) is 0 Å². The Balaban J connectivity index is 1.91. The summed E-state index contributed by atoms with van der Waals surface area (Å²) in [7, 11) is 1.58. The summed E-state index contributed by atoms with van der Waals surface area (Å²) in [5, 5.41) is 2.71. The van der Waals surface area contributed by atoms with Gasteiger partial charge < -0.3 is 19.5 Å². The van der Waals surface area contributed by atoms with Crippen LogP contribution >= 0.6 is 0 Å². The number of carbonyl (C=O) groups is 2. The van der Waals surface area contributed by atoms with Crippen LogP contribution in [-0.2, 0) is 14.3 Å². The van der Waals surface area contributed by atoms with Crippen LogP contribution in [0.15, 0.2) is 54.6 Å². The Kier molecular flexibility index (Phi) is 7.43. The molecule has 1 N–H and O–H groups in total. The molecular weight excluding hydrogens is 346 g/mol. The zero-order valence-corrected chi connectivity index (χ0v) is 15.6. The Morgan fingerprint density at radius 1 is 1.11 bits per heavy atom. The molecule has 142 valence electrons. The molecule has 2 aromatic carbocycles. The summed E-state index contributed by atoms with van der Waals surface area (Å²) in [4.78, 5) is 24.2. The van der Waals surface area contributed by atoms with Crippen molar-refractivity contribution in [2.45, 2.75) is 20.0 Å². The van der Waals surface area contributed by atoms with Crippen LogP contribution in [0.25, 0.3) is 6.08 Å². The van der Waals surface area contributed by atoms with E-state index in [4.69, 9.17) is 14.2 Å². The Hall–Kier alpha value is -3.28. The first-order valence-electron chi connectivity index (χ1n) is 8.59. The molecule has 1 amide bonds. The van der Waals surface area contributed by atoms with E-state index in [9.17, 15) is 9.59 Å². The number of benzene rings is 2. The number of amides is 1. The first-order valence-corrected chi connectivity index (χ1v) is 8.59. The van der Waals surface area contributed by atoms with Crippen LogP contribution in [0.3, 0.4) is 0 Å². The second-order valence-electron chi connectivity index (χ2n) is 5.60. The number of ether oxygens (including phenoxy) is 3. The van der Waals surface area contributed by atoms with E-state index in [1.165, 1.54) is 13.0 Å². The first-order chi connectivity index (χ1) is 13.0. The lowest BCUT2D eigenvalue weighted by Crippen LogP contribution is -2.29. The summed E-state index contributed by atoms with van der Waals surface area (Å²) in [5.74, 6) is 0.249. The standard InChI is InChI=1S/C21H23NO5/c1-4-26-19-8-6-5-7-18(19)22-21(24)15(2)27-20(23)14-11-16-9-12-17(25-3)13-10-16/h5-15H,4H2,1-3H3,(H,22,24). The van der Waals surface area contributed by atoms with Gasteiger partial charge in [0.25, 0.3) is 5.91 Å². The number of carbonyl (C=O) groups excluding carboxylic acids is 2. The Bertz CT molecular complexity index is 798. The van der Waals surface area contributed by atoms with E-state index in [1.807, 2.05) is 25.1 Å². The highest BCUT2D eigenvalue weighted by atomic mass is 16.5. The maximum atomic E-state index is 12.3. The predicted molar refractivity (Wildman–Crippen MR) is 104 cm³/mol. The van der Waals surface area contributed by atoms with Gasteiger partial charge in [-0.2, -0.15) is 0 Å². The molecule has 6 nitrogen and oxygen atoms in total. The number of esters is 1. The van der Waals surface area contributed by atoms with Gasteiger partial charge in [-0.1, -0.05) is 24.3 Å². The molecule has 0 aromatic heterocycles. The summed E-state index contributed by atoms with van der Waals surface area (Å²) in [6.07, 6.45) is 1.93. The van der Waals surface area contributed by atoms with Gasteiger partial charge in [0.15, 0.2) is 6.10 Å². The van der Waals surface area contributed by atoms with Crippen molar-refractivity contribution in [3.8, 4) is 11.5 Å². The number of hydrogen-bond donors (Lipinski definition) is 1. The highest BCUT2D eigenvalue weighted by Crippen LogP contribution is 2.24. The molecule has 0 fully saturated rings. The van der Waals surface area contributed by atoms with Gasteiger partial charge in [0.1, 0.15) is 11.5 Å². The van der Waals surface area contributed by atoms with Gasteiger partial charge in [0.2, 0.25) is 0 Å². The van der Waals surface area contributed by atoms with Gasteiger partial charge in [-0.25, -0.2) is 4.79 Å². The van der Waals surface area contributed by atoms with Gasteiger partial charge in [0.05, 0.1) is 19.4 Å². The average Bonchev–Trinajstić information content (AvgIpc) is 2.68. The molecule has 2 rings (SSSR count). The molecule has 0 radical (unpaired) electrons. The van der Waals surface area contributed by atoms with Crippen molar-refractivity contribution < 1.29 is 23.8 Å². The summed E-state index contributed by atoms with van der Waals surface area (Å²) < 4.78 is 15.7. The Morgan fingerprint density at radius 3 is 2.48 bits per heavy atom. The molecule has 0 spiro atoms. The number of anilines is 1. The molecule has 27 heavy (non-hydrogen) atoms. The second kappa shape index (κ2) is 10.0. The van der Waals surface area contributed by atoms with Gasteiger partial charge in [-0.3, -0.25) is 4.79 Å². The molecule has 0 aliphatic rings. The van der Waals surface area contributed by atoms with Crippen LogP contribution in [0.1, 0.15) is 19.4 Å².